The van der Waals surface area contributed by atoms with Gasteiger partial charge in [-0.15, -0.1) is 0 Å². The van der Waals surface area contributed by atoms with Crippen molar-refractivity contribution in [3.05, 3.63) is 47.5 Å². The summed E-state index contributed by atoms with van der Waals surface area (Å²) >= 11 is 0. The van der Waals surface area contributed by atoms with Crippen molar-refractivity contribution in [2.75, 3.05) is 11.9 Å². The number of fused-ring (bicyclic) bond motifs is 3. The highest BCUT2D eigenvalue weighted by molar-refractivity contribution is 5.99. The van der Waals surface area contributed by atoms with E-state index in [2.05, 4.69) is 35.7 Å². The largest absolute Gasteiger partial charge is 0.379 e. The average Bonchev–Trinajstić information content (AvgIpc) is 2.38. The summed E-state index contributed by atoms with van der Waals surface area (Å²) in [5, 5.41) is 14.6. The summed E-state index contributed by atoms with van der Waals surface area (Å²) in [6.45, 7) is 0.623. The third kappa shape index (κ3) is 1.26. The number of nitrogens with zero attached hydrogens (tertiary/aromatic N) is 1. The van der Waals surface area contributed by atoms with Gasteiger partial charge in [-0.2, -0.15) is 5.26 Å². The smallest absolute Gasteiger partial charge is 0.0966 e. The summed E-state index contributed by atoms with van der Waals surface area (Å²) in [5.74, 6) is 0. The maximum atomic E-state index is 8.87. The lowest BCUT2D eigenvalue weighted by atomic mass is 9.99. The highest BCUT2D eigenvalue weighted by Gasteiger charge is 2.11. The second-order valence-electron chi connectivity index (χ2n) is 3.89. The molecule has 0 saturated carbocycles. The number of rotatable bonds is 0. The second-order valence-corrected chi connectivity index (χ2v) is 3.89. The maximum Gasteiger partial charge on any atom is 0.0966 e. The van der Waals surface area contributed by atoms with Crippen LogP contribution in [0.25, 0.3) is 16.8 Å². The molecule has 1 N–H and O–H groups in total. The van der Waals surface area contributed by atoms with Gasteiger partial charge in [-0.25, -0.2) is 0 Å². The molecule has 2 aromatic carbocycles. The molecule has 76 valence electrons. The third-order valence-electron chi connectivity index (χ3n) is 2.89. The Balaban J connectivity index is 2.31. The molecule has 1 heterocycles. The first-order valence-electron chi connectivity index (χ1n) is 5.25. The number of nitriles is 1. The van der Waals surface area contributed by atoms with E-state index in [1.54, 1.807) is 0 Å². The first-order chi connectivity index (χ1) is 7.88. The molecular formula is C14H10N2. The minimum Gasteiger partial charge on any atom is -0.379 e. The van der Waals surface area contributed by atoms with Crippen LogP contribution in [0.15, 0.2) is 42.0 Å². The van der Waals surface area contributed by atoms with Gasteiger partial charge in [0.25, 0.3) is 0 Å². The molecule has 0 unspecified atom stereocenters. The molecule has 0 spiro atoms. The molecule has 0 aromatic heterocycles. The van der Waals surface area contributed by atoms with Crippen molar-refractivity contribution >= 4 is 22.5 Å². The van der Waals surface area contributed by atoms with Crippen LogP contribution in [0.5, 0.6) is 0 Å². The number of benzene rings is 2. The summed E-state index contributed by atoms with van der Waals surface area (Å²) in [7, 11) is 0. The SMILES string of the molecule is N#CC1=Cc2ccc3ccccc3c2NC1. The van der Waals surface area contributed by atoms with Crippen molar-refractivity contribution in [3.8, 4) is 6.07 Å². The molecule has 0 bridgehead atoms. The lowest BCUT2D eigenvalue weighted by molar-refractivity contribution is 1.25. The Labute approximate surface area is 93.8 Å². The van der Waals surface area contributed by atoms with Crippen LogP contribution in [0.2, 0.25) is 0 Å². The molecule has 2 heteroatoms. The van der Waals surface area contributed by atoms with Gasteiger partial charge in [-0.05, 0) is 17.0 Å². The minimum atomic E-state index is 0.623. The molecule has 0 fully saturated rings. The summed E-state index contributed by atoms with van der Waals surface area (Å²) in [4.78, 5) is 0. The fraction of sp³-hybridized carbons (Fsp3) is 0.0714. The van der Waals surface area contributed by atoms with Gasteiger partial charge >= 0.3 is 0 Å². The Kier molecular flexibility index (Phi) is 1.91. The Hall–Kier alpha value is -2.27. The quantitative estimate of drug-likeness (QED) is 0.718. The molecule has 0 atom stereocenters. The zero-order chi connectivity index (χ0) is 11.0. The summed E-state index contributed by atoms with van der Waals surface area (Å²) in [6.07, 6.45) is 1.96. The lowest BCUT2D eigenvalue weighted by Crippen LogP contribution is -2.09. The summed E-state index contributed by atoms with van der Waals surface area (Å²) in [6, 6.07) is 14.6. The van der Waals surface area contributed by atoms with E-state index in [9.17, 15) is 0 Å². The van der Waals surface area contributed by atoms with Crippen LogP contribution in [0.4, 0.5) is 5.69 Å². The van der Waals surface area contributed by atoms with Crippen molar-refractivity contribution in [2.45, 2.75) is 0 Å². The van der Waals surface area contributed by atoms with Crippen LogP contribution in [-0.2, 0) is 0 Å². The van der Waals surface area contributed by atoms with Gasteiger partial charge in [0, 0.05) is 16.6 Å². The van der Waals surface area contributed by atoms with Gasteiger partial charge in [0.15, 0.2) is 0 Å². The first kappa shape index (κ1) is 8.99. The van der Waals surface area contributed by atoms with Crippen LogP contribution >= 0.6 is 0 Å². The van der Waals surface area contributed by atoms with Crippen molar-refractivity contribution in [2.24, 2.45) is 0 Å². The van der Waals surface area contributed by atoms with E-state index < -0.39 is 0 Å². The fourth-order valence-electron chi connectivity index (χ4n) is 2.10. The molecule has 16 heavy (non-hydrogen) atoms. The molecule has 0 aliphatic carbocycles. The minimum absolute atomic E-state index is 0.623. The number of hydrogen-bond donors (Lipinski definition) is 1. The average molecular weight is 206 g/mol. The Morgan fingerprint density at radius 1 is 1.12 bits per heavy atom. The van der Waals surface area contributed by atoms with Crippen LogP contribution in [0, 0.1) is 11.3 Å². The summed E-state index contributed by atoms with van der Waals surface area (Å²) in [5.41, 5.74) is 3.02. The monoisotopic (exact) mass is 206 g/mol. The molecule has 2 nitrogen and oxygen atoms in total. The van der Waals surface area contributed by atoms with Gasteiger partial charge in [0.1, 0.15) is 0 Å². The van der Waals surface area contributed by atoms with E-state index in [0.717, 1.165) is 16.8 Å². The summed E-state index contributed by atoms with van der Waals surface area (Å²) < 4.78 is 0. The first-order valence-corrected chi connectivity index (χ1v) is 5.25. The van der Waals surface area contributed by atoms with Crippen LogP contribution < -0.4 is 5.32 Å². The molecule has 1 aliphatic heterocycles. The van der Waals surface area contributed by atoms with Crippen molar-refractivity contribution in [1.29, 1.82) is 5.26 Å². The van der Waals surface area contributed by atoms with Crippen molar-refractivity contribution in [3.63, 3.8) is 0 Å². The van der Waals surface area contributed by atoms with Crippen molar-refractivity contribution in [1.82, 2.24) is 0 Å². The third-order valence-corrected chi connectivity index (χ3v) is 2.89. The molecule has 0 radical (unpaired) electrons. The zero-order valence-corrected chi connectivity index (χ0v) is 8.70. The topological polar surface area (TPSA) is 35.8 Å². The highest BCUT2D eigenvalue weighted by atomic mass is 14.9. The molecule has 3 rings (SSSR count). The van der Waals surface area contributed by atoms with Crippen LogP contribution in [0.3, 0.4) is 0 Å². The van der Waals surface area contributed by atoms with Gasteiger partial charge in [-0.1, -0.05) is 36.4 Å². The number of anilines is 1. The van der Waals surface area contributed by atoms with E-state index in [1.807, 2.05) is 18.2 Å². The van der Waals surface area contributed by atoms with E-state index in [0.29, 0.717) is 6.54 Å². The van der Waals surface area contributed by atoms with Gasteiger partial charge in [-0.3, -0.25) is 0 Å². The molecule has 2 aromatic rings. The normalized spacial score (nSPS) is 13.6. The maximum absolute atomic E-state index is 8.87. The standard InChI is InChI=1S/C14H10N2/c15-8-10-7-12-6-5-11-3-1-2-4-13(11)14(12)16-9-10/h1-7,16H,9H2. The molecule has 1 aliphatic rings. The van der Waals surface area contributed by atoms with Gasteiger partial charge < -0.3 is 5.32 Å². The van der Waals surface area contributed by atoms with Gasteiger partial charge in [0.05, 0.1) is 12.6 Å². The predicted molar refractivity (Wildman–Crippen MR) is 66.0 cm³/mol. The molecular weight excluding hydrogens is 196 g/mol. The van der Waals surface area contributed by atoms with Crippen LogP contribution in [-0.4, -0.2) is 6.54 Å². The zero-order valence-electron chi connectivity index (χ0n) is 8.70. The predicted octanol–water partition coefficient (Wildman–Crippen LogP) is 3.17. The van der Waals surface area contributed by atoms with E-state index in [-0.39, 0.29) is 0 Å². The Bertz CT molecular complexity index is 633. The Morgan fingerprint density at radius 3 is 2.88 bits per heavy atom. The van der Waals surface area contributed by atoms with E-state index in [4.69, 9.17) is 5.26 Å². The molecule has 0 saturated heterocycles. The van der Waals surface area contributed by atoms with E-state index >= 15 is 0 Å². The van der Waals surface area contributed by atoms with E-state index in [1.165, 1.54) is 10.8 Å². The van der Waals surface area contributed by atoms with Crippen molar-refractivity contribution < 1.29 is 0 Å². The highest BCUT2D eigenvalue weighted by Crippen LogP contribution is 2.31. The fourth-order valence-corrected chi connectivity index (χ4v) is 2.10. The Morgan fingerprint density at radius 2 is 2.00 bits per heavy atom. The van der Waals surface area contributed by atoms with Crippen LogP contribution in [0.1, 0.15) is 5.56 Å². The lowest BCUT2D eigenvalue weighted by Gasteiger charge is -2.17. The molecule has 0 amide bonds. The number of nitrogens with one attached hydrogen (secondary N) is 1. The second kappa shape index (κ2) is 3.39. The van der Waals surface area contributed by atoms with Gasteiger partial charge in [0.2, 0.25) is 0 Å². The number of hydrogen-bond acceptors (Lipinski definition) is 2.